The Morgan fingerprint density at radius 1 is 1.41 bits per heavy atom. The molecule has 5 nitrogen and oxygen atoms in total. The molecule has 2 aliphatic heterocycles. The number of sulfone groups is 1. The van der Waals surface area contributed by atoms with Gasteiger partial charge in [0, 0.05) is 5.25 Å². The van der Waals surface area contributed by atoms with E-state index in [4.69, 9.17) is 11.6 Å². The molecule has 0 aromatic heterocycles. The summed E-state index contributed by atoms with van der Waals surface area (Å²) in [5.74, 6) is -1.37. The molecule has 0 bridgehead atoms. The number of alkyl halides is 1. The van der Waals surface area contributed by atoms with Crippen LogP contribution < -0.4 is 4.90 Å². The van der Waals surface area contributed by atoms with Crippen LogP contribution in [0.25, 0.3) is 0 Å². The van der Waals surface area contributed by atoms with Crippen molar-refractivity contribution in [3.05, 3.63) is 30.1 Å². The number of nitrogens with zero attached hydrogens (tertiary/aromatic N) is 2. The second-order valence-electron chi connectivity index (χ2n) is 5.04. The van der Waals surface area contributed by atoms with Crippen molar-refractivity contribution in [2.24, 2.45) is 4.99 Å². The molecule has 22 heavy (non-hydrogen) atoms. The van der Waals surface area contributed by atoms with Gasteiger partial charge >= 0.3 is 0 Å². The van der Waals surface area contributed by atoms with E-state index >= 15 is 0 Å². The van der Waals surface area contributed by atoms with E-state index in [9.17, 15) is 17.6 Å². The van der Waals surface area contributed by atoms with E-state index in [1.54, 1.807) is 18.2 Å². The molecule has 3 rings (SSSR count). The van der Waals surface area contributed by atoms with E-state index in [2.05, 4.69) is 4.99 Å². The standard InChI is InChI=1S/C13H12ClFN2O3S2/c14-5-12(18)16-13-17(9-4-2-1-3-8(9)15)10-6-22(19,20)7-11(10)21-13/h1-4,10-11H,5-7H2/t10-,11-/m1/s1. The normalized spacial score (nSPS) is 28.1. The summed E-state index contributed by atoms with van der Waals surface area (Å²) < 4.78 is 37.8. The van der Waals surface area contributed by atoms with Crippen LogP contribution in [0.4, 0.5) is 10.1 Å². The Morgan fingerprint density at radius 3 is 2.82 bits per heavy atom. The number of anilines is 1. The zero-order valence-corrected chi connectivity index (χ0v) is 13.7. The zero-order valence-electron chi connectivity index (χ0n) is 11.3. The van der Waals surface area contributed by atoms with Crippen molar-refractivity contribution < 1.29 is 17.6 Å². The van der Waals surface area contributed by atoms with Gasteiger partial charge in [-0.2, -0.15) is 4.99 Å². The van der Waals surface area contributed by atoms with Crippen molar-refractivity contribution in [3.8, 4) is 0 Å². The van der Waals surface area contributed by atoms with Crippen molar-refractivity contribution in [1.82, 2.24) is 0 Å². The highest BCUT2D eigenvalue weighted by atomic mass is 35.5. The van der Waals surface area contributed by atoms with Crippen LogP contribution in [0, 0.1) is 5.82 Å². The van der Waals surface area contributed by atoms with Crippen LogP contribution in [0.15, 0.2) is 29.3 Å². The highest BCUT2D eigenvalue weighted by molar-refractivity contribution is 8.16. The van der Waals surface area contributed by atoms with E-state index in [0.717, 1.165) is 0 Å². The van der Waals surface area contributed by atoms with E-state index in [-0.39, 0.29) is 28.3 Å². The number of para-hydroxylation sites is 1. The predicted molar refractivity (Wildman–Crippen MR) is 85.9 cm³/mol. The first-order chi connectivity index (χ1) is 10.4. The molecule has 2 aliphatic rings. The Kier molecular flexibility index (Phi) is 4.17. The maximum Gasteiger partial charge on any atom is 0.262 e. The van der Waals surface area contributed by atoms with Gasteiger partial charge in [0.1, 0.15) is 11.7 Å². The fourth-order valence-electron chi connectivity index (χ4n) is 2.63. The van der Waals surface area contributed by atoms with Crippen LogP contribution in [0.3, 0.4) is 0 Å². The average molecular weight is 363 g/mol. The molecule has 0 aliphatic carbocycles. The van der Waals surface area contributed by atoms with Gasteiger partial charge in [0.15, 0.2) is 15.0 Å². The van der Waals surface area contributed by atoms with Crippen LogP contribution in [0.2, 0.25) is 0 Å². The lowest BCUT2D eigenvalue weighted by Crippen LogP contribution is -2.38. The minimum Gasteiger partial charge on any atom is -0.313 e. The third-order valence-corrected chi connectivity index (χ3v) is 6.95. The molecular weight excluding hydrogens is 351 g/mol. The number of halogens is 2. The summed E-state index contributed by atoms with van der Waals surface area (Å²) in [6.07, 6.45) is 0. The smallest absolute Gasteiger partial charge is 0.262 e. The lowest BCUT2D eigenvalue weighted by molar-refractivity contribution is -0.115. The molecule has 2 heterocycles. The number of fused-ring (bicyclic) bond motifs is 1. The Balaban J connectivity index is 2.05. The van der Waals surface area contributed by atoms with Gasteiger partial charge in [-0.1, -0.05) is 23.9 Å². The topological polar surface area (TPSA) is 66.8 Å². The van der Waals surface area contributed by atoms with Crippen molar-refractivity contribution in [3.63, 3.8) is 0 Å². The van der Waals surface area contributed by atoms with Crippen LogP contribution in [-0.2, 0) is 14.6 Å². The summed E-state index contributed by atoms with van der Waals surface area (Å²) in [4.78, 5) is 16.9. The molecule has 0 radical (unpaired) electrons. The zero-order chi connectivity index (χ0) is 15.9. The fraction of sp³-hybridized carbons (Fsp3) is 0.385. The van der Waals surface area contributed by atoms with Crippen LogP contribution in [-0.4, -0.2) is 48.2 Å². The first kappa shape index (κ1) is 15.8. The quantitative estimate of drug-likeness (QED) is 0.749. The number of hydrogen-bond acceptors (Lipinski definition) is 4. The third kappa shape index (κ3) is 2.87. The number of rotatable bonds is 2. The fourth-order valence-corrected chi connectivity index (χ4v) is 6.61. The van der Waals surface area contributed by atoms with Crippen molar-refractivity contribution in [1.29, 1.82) is 0 Å². The second kappa shape index (κ2) is 5.82. The van der Waals surface area contributed by atoms with Gasteiger partial charge in [-0.05, 0) is 12.1 Å². The van der Waals surface area contributed by atoms with Gasteiger partial charge < -0.3 is 4.90 Å². The third-order valence-electron chi connectivity index (χ3n) is 3.51. The molecule has 0 saturated carbocycles. The highest BCUT2D eigenvalue weighted by Crippen LogP contribution is 2.41. The molecule has 0 N–H and O–H groups in total. The number of benzene rings is 1. The van der Waals surface area contributed by atoms with E-state index in [1.807, 2.05) is 0 Å². The number of thioether (sulfide) groups is 1. The molecule has 2 atom stereocenters. The molecule has 1 aromatic carbocycles. The molecule has 0 unspecified atom stereocenters. The number of amidine groups is 1. The maximum atomic E-state index is 14.1. The summed E-state index contributed by atoms with van der Waals surface area (Å²) in [6.45, 7) is 0. The van der Waals surface area contributed by atoms with Gasteiger partial charge in [0.2, 0.25) is 0 Å². The average Bonchev–Trinajstić information content (AvgIpc) is 2.91. The molecule has 9 heteroatoms. The molecule has 1 aromatic rings. The summed E-state index contributed by atoms with van der Waals surface area (Å²) in [5, 5.41) is 0.0483. The number of hydrogen-bond donors (Lipinski definition) is 0. The number of carbonyl (C=O) groups excluding carboxylic acids is 1. The summed E-state index contributed by atoms with van der Waals surface area (Å²) in [6, 6.07) is 5.61. The minimum atomic E-state index is -3.17. The Labute approximate surface area is 136 Å². The largest absolute Gasteiger partial charge is 0.313 e. The number of amides is 1. The Bertz CT molecular complexity index is 753. The van der Waals surface area contributed by atoms with Gasteiger partial charge in [0.05, 0.1) is 23.2 Å². The van der Waals surface area contributed by atoms with Crippen molar-refractivity contribution in [2.75, 3.05) is 22.3 Å². The Morgan fingerprint density at radius 2 is 2.14 bits per heavy atom. The van der Waals surface area contributed by atoms with E-state index in [0.29, 0.717) is 5.17 Å². The molecule has 0 spiro atoms. The van der Waals surface area contributed by atoms with Crippen molar-refractivity contribution in [2.45, 2.75) is 11.3 Å². The summed E-state index contributed by atoms with van der Waals surface area (Å²) >= 11 is 6.66. The van der Waals surface area contributed by atoms with Gasteiger partial charge in [-0.15, -0.1) is 11.6 Å². The lowest BCUT2D eigenvalue weighted by Gasteiger charge is -2.24. The number of aliphatic imine (C=N–C) groups is 1. The van der Waals surface area contributed by atoms with Gasteiger partial charge in [0.25, 0.3) is 5.91 Å². The molecule has 2 fully saturated rings. The van der Waals surface area contributed by atoms with Crippen molar-refractivity contribution >= 4 is 50.0 Å². The maximum absolute atomic E-state index is 14.1. The Hall–Kier alpha value is -1.12. The molecular formula is C13H12ClFN2O3S2. The van der Waals surface area contributed by atoms with Crippen LogP contribution >= 0.6 is 23.4 Å². The molecule has 1 amide bonds. The minimum absolute atomic E-state index is 0.00136. The van der Waals surface area contributed by atoms with E-state index < -0.39 is 27.6 Å². The number of carbonyl (C=O) groups is 1. The van der Waals surface area contributed by atoms with Crippen LogP contribution in [0.5, 0.6) is 0 Å². The summed E-state index contributed by atoms with van der Waals surface area (Å²) in [7, 11) is -3.17. The van der Waals surface area contributed by atoms with Gasteiger partial charge in [-0.3, -0.25) is 4.79 Å². The van der Waals surface area contributed by atoms with E-state index in [1.165, 1.54) is 22.7 Å². The SMILES string of the molecule is O=C(CCl)N=C1S[C@@H]2CS(=O)(=O)C[C@H]2N1c1ccccc1F. The van der Waals surface area contributed by atoms with Gasteiger partial charge in [-0.25, -0.2) is 12.8 Å². The lowest BCUT2D eigenvalue weighted by atomic mass is 10.2. The monoisotopic (exact) mass is 362 g/mol. The summed E-state index contributed by atoms with van der Waals surface area (Å²) in [5.41, 5.74) is 0.223. The first-order valence-corrected chi connectivity index (χ1v) is 9.73. The predicted octanol–water partition coefficient (Wildman–Crippen LogP) is 1.67. The molecule has 2 saturated heterocycles. The van der Waals surface area contributed by atoms with Crippen LogP contribution in [0.1, 0.15) is 0 Å². The second-order valence-corrected chi connectivity index (χ2v) is 8.67. The molecule has 118 valence electrons. The highest BCUT2D eigenvalue weighted by Gasteiger charge is 2.49. The first-order valence-electron chi connectivity index (χ1n) is 6.49.